The van der Waals surface area contributed by atoms with E-state index in [-0.39, 0.29) is 0 Å². The quantitative estimate of drug-likeness (QED) is 0.495. The summed E-state index contributed by atoms with van der Waals surface area (Å²) < 4.78 is 11.4. The summed E-state index contributed by atoms with van der Waals surface area (Å²) in [4.78, 5) is 0. The molecule has 26 heavy (non-hydrogen) atoms. The van der Waals surface area contributed by atoms with Gasteiger partial charge in [0.25, 0.3) is 0 Å². The number of methoxy groups -OCH3 is 1. The van der Waals surface area contributed by atoms with Gasteiger partial charge in [-0.2, -0.15) is 0 Å². The lowest BCUT2D eigenvalue weighted by Gasteiger charge is -2.15. The molecule has 4 heteroatoms. The highest BCUT2D eigenvalue weighted by molar-refractivity contribution is 6.32. The van der Waals surface area contributed by atoms with Gasteiger partial charge in [0.05, 0.1) is 12.1 Å². The van der Waals surface area contributed by atoms with Crippen LogP contribution in [0.2, 0.25) is 5.02 Å². The molecule has 0 aliphatic carbocycles. The van der Waals surface area contributed by atoms with Crippen LogP contribution < -0.4 is 14.8 Å². The molecule has 0 amide bonds. The molecule has 3 nitrogen and oxygen atoms in total. The summed E-state index contributed by atoms with van der Waals surface area (Å²) in [5.74, 6) is 1.27. The predicted octanol–water partition coefficient (Wildman–Crippen LogP) is 5.91. The maximum atomic E-state index is 6.46. The second-order valence-electron chi connectivity index (χ2n) is 6.62. The number of aryl methyl sites for hydroxylation is 1. The summed E-state index contributed by atoms with van der Waals surface area (Å²) in [5.41, 5.74) is 3.43. The fourth-order valence-electron chi connectivity index (χ4n) is 2.88. The Morgan fingerprint density at radius 3 is 2.62 bits per heavy atom. The van der Waals surface area contributed by atoms with Crippen molar-refractivity contribution in [1.82, 2.24) is 5.32 Å². The maximum Gasteiger partial charge on any atom is 0.180 e. The van der Waals surface area contributed by atoms with Gasteiger partial charge in [0.1, 0.15) is 6.61 Å². The Balaban J connectivity index is 1.95. The lowest BCUT2D eigenvalue weighted by molar-refractivity contribution is 0.284. The van der Waals surface area contributed by atoms with Gasteiger partial charge in [-0.25, -0.2) is 0 Å². The van der Waals surface area contributed by atoms with E-state index in [2.05, 4.69) is 31.3 Å². The third kappa shape index (κ3) is 6.54. The average molecular weight is 376 g/mol. The first-order valence-corrected chi connectivity index (χ1v) is 9.77. The zero-order valence-corrected chi connectivity index (χ0v) is 16.9. The molecule has 0 radical (unpaired) electrons. The Morgan fingerprint density at radius 1 is 1.04 bits per heavy atom. The topological polar surface area (TPSA) is 30.5 Å². The van der Waals surface area contributed by atoms with E-state index in [1.54, 1.807) is 7.11 Å². The van der Waals surface area contributed by atoms with Gasteiger partial charge in [-0.1, -0.05) is 67.6 Å². The molecule has 2 aromatic rings. The number of rotatable bonds is 11. The summed E-state index contributed by atoms with van der Waals surface area (Å²) in [6.45, 7) is 6.56. The molecule has 1 N–H and O–H groups in total. The van der Waals surface area contributed by atoms with Crippen LogP contribution in [0.15, 0.2) is 36.4 Å². The molecule has 2 aromatic carbocycles. The Bertz CT molecular complexity index is 688. The highest BCUT2D eigenvalue weighted by Gasteiger charge is 2.12. The second kappa shape index (κ2) is 11.1. The molecular formula is C22H30ClNO2. The van der Waals surface area contributed by atoms with Crippen molar-refractivity contribution < 1.29 is 9.47 Å². The Labute approximate surface area is 162 Å². The van der Waals surface area contributed by atoms with Gasteiger partial charge in [0, 0.05) is 6.54 Å². The first-order valence-electron chi connectivity index (χ1n) is 9.39. The van der Waals surface area contributed by atoms with E-state index in [1.165, 1.54) is 31.2 Å². The lowest BCUT2D eigenvalue weighted by Crippen LogP contribution is -2.14. The molecule has 0 spiro atoms. The standard InChI is InChI=1S/C22H30ClNO2/c1-4-5-6-7-11-24-15-19-13-20(23)22(21(14-19)25-3)26-16-18-10-8-9-17(2)12-18/h8-10,12-14,24H,4-7,11,15-16H2,1-3H3. The highest BCUT2D eigenvalue weighted by Crippen LogP contribution is 2.37. The SMILES string of the molecule is CCCCCCNCc1cc(Cl)c(OCc2cccc(C)c2)c(OC)c1. The summed E-state index contributed by atoms with van der Waals surface area (Å²) in [6, 6.07) is 12.2. The van der Waals surface area contributed by atoms with Crippen molar-refractivity contribution in [3.8, 4) is 11.5 Å². The molecule has 0 heterocycles. The molecule has 0 saturated carbocycles. The van der Waals surface area contributed by atoms with Crippen molar-refractivity contribution in [3.05, 3.63) is 58.1 Å². The van der Waals surface area contributed by atoms with Crippen LogP contribution in [0, 0.1) is 6.92 Å². The van der Waals surface area contributed by atoms with E-state index in [4.69, 9.17) is 21.1 Å². The van der Waals surface area contributed by atoms with Crippen LogP contribution in [0.25, 0.3) is 0 Å². The number of ether oxygens (including phenoxy) is 2. The molecule has 2 rings (SSSR count). The van der Waals surface area contributed by atoms with Crippen LogP contribution in [-0.4, -0.2) is 13.7 Å². The van der Waals surface area contributed by atoms with E-state index in [1.807, 2.05) is 24.3 Å². The molecule has 0 saturated heterocycles. The van der Waals surface area contributed by atoms with Crippen LogP contribution in [0.3, 0.4) is 0 Å². The minimum Gasteiger partial charge on any atom is -0.493 e. The van der Waals surface area contributed by atoms with Gasteiger partial charge in [-0.3, -0.25) is 0 Å². The molecule has 0 bridgehead atoms. The monoisotopic (exact) mass is 375 g/mol. The molecule has 0 aliphatic heterocycles. The van der Waals surface area contributed by atoms with E-state index >= 15 is 0 Å². The number of hydrogen-bond acceptors (Lipinski definition) is 3. The van der Waals surface area contributed by atoms with E-state index in [0.29, 0.717) is 23.1 Å². The average Bonchev–Trinajstić information content (AvgIpc) is 2.63. The van der Waals surface area contributed by atoms with Crippen molar-refractivity contribution >= 4 is 11.6 Å². The summed E-state index contributed by atoms with van der Waals surface area (Å²) in [7, 11) is 1.65. The third-order valence-electron chi connectivity index (χ3n) is 4.29. The number of benzene rings is 2. The molecule has 0 aliphatic rings. The van der Waals surface area contributed by atoms with Gasteiger partial charge in [-0.05, 0) is 43.1 Å². The third-order valence-corrected chi connectivity index (χ3v) is 4.57. The van der Waals surface area contributed by atoms with Gasteiger partial charge in [0.15, 0.2) is 11.5 Å². The lowest BCUT2D eigenvalue weighted by atomic mass is 10.1. The van der Waals surface area contributed by atoms with Gasteiger partial charge in [-0.15, -0.1) is 0 Å². The zero-order chi connectivity index (χ0) is 18.8. The van der Waals surface area contributed by atoms with E-state index in [0.717, 1.165) is 24.2 Å². The van der Waals surface area contributed by atoms with Crippen molar-refractivity contribution in [2.45, 2.75) is 52.7 Å². The molecule has 142 valence electrons. The zero-order valence-electron chi connectivity index (χ0n) is 16.1. The molecule has 0 fully saturated rings. The van der Waals surface area contributed by atoms with Crippen LogP contribution in [0.4, 0.5) is 0 Å². The van der Waals surface area contributed by atoms with Crippen molar-refractivity contribution in [3.63, 3.8) is 0 Å². The molecule has 0 aromatic heterocycles. The second-order valence-corrected chi connectivity index (χ2v) is 7.03. The molecule has 0 atom stereocenters. The van der Waals surface area contributed by atoms with Gasteiger partial charge >= 0.3 is 0 Å². The Hall–Kier alpha value is -1.71. The van der Waals surface area contributed by atoms with Gasteiger partial charge < -0.3 is 14.8 Å². The maximum absolute atomic E-state index is 6.46. The summed E-state index contributed by atoms with van der Waals surface area (Å²) >= 11 is 6.46. The summed E-state index contributed by atoms with van der Waals surface area (Å²) in [6.07, 6.45) is 5.04. The number of nitrogens with one attached hydrogen (secondary N) is 1. The van der Waals surface area contributed by atoms with Crippen molar-refractivity contribution in [2.75, 3.05) is 13.7 Å². The predicted molar refractivity (Wildman–Crippen MR) is 109 cm³/mol. The van der Waals surface area contributed by atoms with Crippen LogP contribution in [0.5, 0.6) is 11.5 Å². The van der Waals surface area contributed by atoms with E-state index in [9.17, 15) is 0 Å². The highest BCUT2D eigenvalue weighted by atomic mass is 35.5. The minimum absolute atomic E-state index is 0.465. The van der Waals surface area contributed by atoms with Gasteiger partial charge in [0.2, 0.25) is 0 Å². The fraction of sp³-hybridized carbons (Fsp3) is 0.455. The van der Waals surface area contributed by atoms with Crippen molar-refractivity contribution in [1.29, 1.82) is 0 Å². The van der Waals surface area contributed by atoms with Crippen LogP contribution >= 0.6 is 11.6 Å². The first kappa shape index (κ1) is 20.6. The number of hydrogen-bond donors (Lipinski definition) is 1. The van der Waals surface area contributed by atoms with E-state index < -0.39 is 0 Å². The summed E-state index contributed by atoms with van der Waals surface area (Å²) in [5, 5.41) is 4.05. The normalized spacial score (nSPS) is 10.8. The number of unbranched alkanes of at least 4 members (excludes halogenated alkanes) is 3. The fourth-order valence-corrected chi connectivity index (χ4v) is 3.17. The minimum atomic E-state index is 0.465. The van der Waals surface area contributed by atoms with Crippen molar-refractivity contribution in [2.24, 2.45) is 0 Å². The van der Waals surface area contributed by atoms with Crippen LogP contribution in [-0.2, 0) is 13.2 Å². The molecular weight excluding hydrogens is 346 g/mol. The Morgan fingerprint density at radius 2 is 1.88 bits per heavy atom. The smallest absolute Gasteiger partial charge is 0.180 e. The Kier molecular flexibility index (Phi) is 8.79. The number of halogens is 1. The van der Waals surface area contributed by atoms with Crippen LogP contribution in [0.1, 0.15) is 49.3 Å². The first-order chi connectivity index (χ1) is 12.6. The molecule has 0 unspecified atom stereocenters. The largest absolute Gasteiger partial charge is 0.493 e.